The predicted octanol–water partition coefficient (Wildman–Crippen LogP) is 3.14. The lowest BCUT2D eigenvalue weighted by Crippen LogP contribution is -2.35. The summed E-state index contributed by atoms with van der Waals surface area (Å²) >= 11 is 0. The lowest BCUT2D eigenvalue weighted by atomic mass is 10.1. The van der Waals surface area contributed by atoms with Gasteiger partial charge < -0.3 is 9.47 Å². The Morgan fingerprint density at radius 3 is 2.27 bits per heavy atom. The summed E-state index contributed by atoms with van der Waals surface area (Å²) in [5.41, 5.74) is 0. The van der Waals surface area contributed by atoms with Crippen molar-refractivity contribution in [2.75, 3.05) is 6.61 Å². The SMILES string of the molecule is CCCCCCCCOC(=O)C(CC(=O)Oc1ccccc1)S(=O)(=O)O. The Morgan fingerprint density at radius 1 is 1.04 bits per heavy atom. The van der Waals surface area contributed by atoms with Gasteiger partial charge in [0.1, 0.15) is 5.75 Å². The number of carbonyl (C=O) groups excluding carboxylic acids is 2. The van der Waals surface area contributed by atoms with E-state index in [1.807, 2.05) is 0 Å². The van der Waals surface area contributed by atoms with Crippen LogP contribution >= 0.6 is 0 Å². The number of ether oxygens (including phenoxy) is 2. The van der Waals surface area contributed by atoms with Gasteiger partial charge in [-0.15, -0.1) is 0 Å². The van der Waals surface area contributed by atoms with E-state index < -0.39 is 33.7 Å². The van der Waals surface area contributed by atoms with Gasteiger partial charge in [-0.3, -0.25) is 14.1 Å². The second kappa shape index (κ2) is 11.6. The zero-order chi connectivity index (χ0) is 19.4. The molecule has 0 heterocycles. The molecule has 0 aliphatic rings. The van der Waals surface area contributed by atoms with Crippen LogP contribution in [0.3, 0.4) is 0 Å². The maximum atomic E-state index is 11.9. The molecule has 1 aromatic rings. The van der Waals surface area contributed by atoms with Crippen LogP contribution in [0.25, 0.3) is 0 Å². The number of unbranched alkanes of at least 4 members (excludes halogenated alkanes) is 5. The molecular formula is C18H26O7S. The van der Waals surface area contributed by atoms with Crippen molar-refractivity contribution in [1.82, 2.24) is 0 Å². The fraction of sp³-hybridized carbons (Fsp3) is 0.556. The zero-order valence-electron chi connectivity index (χ0n) is 14.9. The largest absolute Gasteiger partial charge is 0.465 e. The fourth-order valence-electron chi connectivity index (χ4n) is 2.27. The van der Waals surface area contributed by atoms with Crippen LogP contribution in [0.4, 0.5) is 0 Å². The third kappa shape index (κ3) is 8.96. The zero-order valence-corrected chi connectivity index (χ0v) is 15.7. The van der Waals surface area contributed by atoms with Crippen molar-refractivity contribution in [2.24, 2.45) is 0 Å². The Labute approximate surface area is 154 Å². The van der Waals surface area contributed by atoms with Gasteiger partial charge in [0.25, 0.3) is 10.1 Å². The van der Waals surface area contributed by atoms with Crippen LogP contribution in [-0.4, -0.2) is 36.8 Å². The number of rotatable bonds is 12. The summed E-state index contributed by atoms with van der Waals surface area (Å²) in [5, 5.41) is -1.99. The van der Waals surface area contributed by atoms with E-state index in [1.165, 1.54) is 12.1 Å². The Morgan fingerprint density at radius 2 is 1.65 bits per heavy atom. The highest BCUT2D eigenvalue weighted by Gasteiger charge is 2.35. The highest BCUT2D eigenvalue weighted by atomic mass is 32.2. The molecule has 0 saturated carbocycles. The van der Waals surface area contributed by atoms with E-state index in [2.05, 4.69) is 6.92 Å². The van der Waals surface area contributed by atoms with Crippen LogP contribution in [-0.2, 0) is 24.4 Å². The summed E-state index contributed by atoms with van der Waals surface area (Å²) in [6.07, 6.45) is 5.03. The van der Waals surface area contributed by atoms with Crippen LogP contribution in [0.15, 0.2) is 30.3 Å². The second-order valence-electron chi connectivity index (χ2n) is 5.93. The number of para-hydroxylation sites is 1. The second-order valence-corrected chi connectivity index (χ2v) is 7.53. The van der Waals surface area contributed by atoms with E-state index in [4.69, 9.17) is 9.47 Å². The van der Waals surface area contributed by atoms with Crippen molar-refractivity contribution in [2.45, 2.75) is 57.1 Å². The van der Waals surface area contributed by atoms with Crippen molar-refractivity contribution in [3.63, 3.8) is 0 Å². The van der Waals surface area contributed by atoms with E-state index in [0.29, 0.717) is 6.42 Å². The first-order valence-electron chi connectivity index (χ1n) is 8.73. The Balaban J connectivity index is 2.47. The molecule has 26 heavy (non-hydrogen) atoms. The van der Waals surface area contributed by atoms with E-state index in [9.17, 15) is 22.6 Å². The maximum absolute atomic E-state index is 11.9. The van der Waals surface area contributed by atoms with Crippen LogP contribution in [0.2, 0.25) is 0 Å². The molecule has 0 aromatic heterocycles. The average Bonchev–Trinajstić information content (AvgIpc) is 2.58. The highest BCUT2D eigenvalue weighted by molar-refractivity contribution is 7.87. The third-order valence-electron chi connectivity index (χ3n) is 3.69. The molecule has 0 saturated heterocycles. The van der Waals surface area contributed by atoms with Crippen molar-refractivity contribution in [3.05, 3.63) is 30.3 Å². The smallest absolute Gasteiger partial charge is 0.327 e. The molecule has 1 unspecified atom stereocenters. The minimum atomic E-state index is -4.78. The number of benzene rings is 1. The van der Waals surface area contributed by atoms with Crippen molar-refractivity contribution < 1.29 is 32.0 Å². The van der Waals surface area contributed by atoms with Crippen molar-refractivity contribution in [3.8, 4) is 5.75 Å². The van der Waals surface area contributed by atoms with E-state index in [0.717, 1.165) is 32.1 Å². The fourth-order valence-corrected chi connectivity index (χ4v) is 2.93. The van der Waals surface area contributed by atoms with E-state index >= 15 is 0 Å². The quantitative estimate of drug-likeness (QED) is 0.254. The molecule has 8 heteroatoms. The molecule has 0 aliphatic carbocycles. The minimum Gasteiger partial charge on any atom is -0.465 e. The summed E-state index contributed by atoms with van der Waals surface area (Å²) in [4.78, 5) is 23.8. The average molecular weight is 386 g/mol. The van der Waals surface area contributed by atoms with Crippen LogP contribution in [0.1, 0.15) is 51.9 Å². The molecule has 0 bridgehead atoms. The van der Waals surface area contributed by atoms with Gasteiger partial charge in [-0.05, 0) is 18.6 Å². The summed E-state index contributed by atoms with van der Waals surface area (Å²) in [6.45, 7) is 2.16. The van der Waals surface area contributed by atoms with Gasteiger partial charge in [0.05, 0.1) is 13.0 Å². The van der Waals surface area contributed by atoms with Gasteiger partial charge in [0, 0.05) is 0 Å². The lowest BCUT2D eigenvalue weighted by molar-refractivity contribution is -0.146. The summed E-state index contributed by atoms with van der Waals surface area (Å²) in [7, 11) is -4.78. The van der Waals surface area contributed by atoms with Crippen LogP contribution < -0.4 is 4.74 Å². The molecule has 1 atom stereocenters. The maximum Gasteiger partial charge on any atom is 0.327 e. The van der Waals surface area contributed by atoms with Crippen molar-refractivity contribution in [1.29, 1.82) is 0 Å². The van der Waals surface area contributed by atoms with E-state index in [1.54, 1.807) is 18.2 Å². The topological polar surface area (TPSA) is 107 Å². The first-order chi connectivity index (χ1) is 12.3. The molecule has 1 N–H and O–H groups in total. The molecule has 0 amide bonds. The molecule has 7 nitrogen and oxygen atoms in total. The Kier molecular flexibility index (Phi) is 9.90. The summed E-state index contributed by atoms with van der Waals surface area (Å²) in [6, 6.07) is 8.02. The molecule has 1 aromatic carbocycles. The van der Waals surface area contributed by atoms with Gasteiger partial charge in [-0.2, -0.15) is 8.42 Å². The van der Waals surface area contributed by atoms with Gasteiger partial charge in [0.2, 0.25) is 0 Å². The molecule has 0 spiro atoms. The predicted molar refractivity (Wildman–Crippen MR) is 96.4 cm³/mol. The third-order valence-corrected chi connectivity index (χ3v) is 4.77. The minimum absolute atomic E-state index is 0.0463. The molecule has 1 rings (SSSR count). The van der Waals surface area contributed by atoms with Gasteiger partial charge in [-0.25, -0.2) is 0 Å². The van der Waals surface area contributed by atoms with Crippen LogP contribution in [0, 0.1) is 0 Å². The molecule has 0 fully saturated rings. The monoisotopic (exact) mass is 386 g/mol. The standard InChI is InChI=1S/C18H26O7S/c1-2-3-4-5-6-10-13-24-18(20)16(26(21,22)23)14-17(19)25-15-11-8-7-9-12-15/h7-9,11-12,16H,2-6,10,13-14H2,1H3,(H,21,22,23). The molecular weight excluding hydrogens is 360 g/mol. The van der Waals surface area contributed by atoms with E-state index in [-0.39, 0.29) is 12.4 Å². The number of hydrogen-bond acceptors (Lipinski definition) is 6. The van der Waals surface area contributed by atoms with Gasteiger partial charge in [0.15, 0.2) is 5.25 Å². The molecule has 0 aliphatic heterocycles. The lowest BCUT2D eigenvalue weighted by Gasteiger charge is -2.13. The van der Waals surface area contributed by atoms with Gasteiger partial charge >= 0.3 is 11.9 Å². The van der Waals surface area contributed by atoms with Gasteiger partial charge in [-0.1, -0.05) is 57.2 Å². The molecule has 146 valence electrons. The number of hydrogen-bond donors (Lipinski definition) is 1. The number of carbonyl (C=O) groups is 2. The summed E-state index contributed by atoms with van der Waals surface area (Å²) in [5.74, 6) is -1.88. The normalized spacial score (nSPS) is 12.4. The first kappa shape index (κ1) is 22.1. The molecule has 0 radical (unpaired) electrons. The Bertz CT molecular complexity index is 655. The first-order valence-corrected chi connectivity index (χ1v) is 10.2. The summed E-state index contributed by atoms with van der Waals surface area (Å²) < 4.78 is 41.9. The highest BCUT2D eigenvalue weighted by Crippen LogP contribution is 2.14. The van der Waals surface area contributed by atoms with Crippen LogP contribution in [0.5, 0.6) is 5.75 Å². The Hall–Kier alpha value is -1.93. The number of esters is 2. The van der Waals surface area contributed by atoms with Crippen molar-refractivity contribution >= 4 is 22.1 Å².